The summed E-state index contributed by atoms with van der Waals surface area (Å²) in [4.78, 5) is 12.0. The minimum Gasteiger partial charge on any atom is -0.348 e. The van der Waals surface area contributed by atoms with Crippen molar-refractivity contribution >= 4 is 21.6 Å². The molecule has 2 aromatic carbocycles. The van der Waals surface area contributed by atoms with Crippen LogP contribution < -0.4 is 10.0 Å². The number of amides is 1. The minimum atomic E-state index is -3.36. The zero-order chi connectivity index (χ0) is 15.3. The third kappa shape index (κ3) is 4.92. The maximum Gasteiger partial charge on any atom is 0.251 e. The molecule has 1 amide bonds. The molecule has 0 heterocycles. The van der Waals surface area contributed by atoms with E-state index in [4.69, 9.17) is 0 Å². The van der Waals surface area contributed by atoms with Gasteiger partial charge in [-0.2, -0.15) is 0 Å². The molecule has 0 aliphatic rings. The summed E-state index contributed by atoms with van der Waals surface area (Å²) in [5.41, 5.74) is 1.76. The van der Waals surface area contributed by atoms with Crippen molar-refractivity contribution < 1.29 is 13.2 Å². The van der Waals surface area contributed by atoms with Gasteiger partial charge in [-0.15, -0.1) is 0 Å². The third-order valence-corrected chi connectivity index (χ3v) is 3.33. The summed E-state index contributed by atoms with van der Waals surface area (Å²) in [7, 11) is -3.36. The first-order valence-electron chi connectivity index (χ1n) is 6.34. The molecule has 0 spiro atoms. The van der Waals surface area contributed by atoms with E-state index in [1.54, 1.807) is 18.2 Å². The highest BCUT2D eigenvalue weighted by atomic mass is 32.2. The molecule has 0 radical (unpaired) electrons. The van der Waals surface area contributed by atoms with Gasteiger partial charge in [-0.1, -0.05) is 36.4 Å². The van der Waals surface area contributed by atoms with Gasteiger partial charge in [0, 0.05) is 17.8 Å². The van der Waals surface area contributed by atoms with Crippen LogP contribution in [0.1, 0.15) is 15.9 Å². The number of benzene rings is 2. The van der Waals surface area contributed by atoms with Crippen LogP contribution in [-0.2, 0) is 16.6 Å². The standard InChI is InChI=1S/C15H16N2O3S/c1-21(19,20)17-14-9-5-8-13(10-14)15(18)16-11-12-6-3-2-4-7-12/h2-10,17H,11H2,1H3,(H,16,18). The summed E-state index contributed by atoms with van der Waals surface area (Å²) in [5.74, 6) is -0.254. The largest absolute Gasteiger partial charge is 0.348 e. The summed E-state index contributed by atoms with van der Waals surface area (Å²) in [6.45, 7) is 0.420. The Labute approximate surface area is 124 Å². The van der Waals surface area contributed by atoms with E-state index in [1.807, 2.05) is 30.3 Å². The lowest BCUT2D eigenvalue weighted by atomic mass is 10.2. The van der Waals surface area contributed by atoms with Crippen LogP contribution in [0.25, 0.3) is 0 Å². The van der Waals surface area contributed by atoms with Gasteiger partial charge in [0.05, 0.1) is 6.26 Å². The van der Waals surface area contributed by atoms with E-state index < -0.39 is 10.0 Å². The first-order valence-corrected chi connectivity index (χ1v) is 8.23. The molecule has 110 valence electrons. The van der Waals surface area contributed by atoms with E-state index in [2.05, 4.69) is 10.0 Å². The van der Waals surface area contributed by atoms with Crippen LogP contribution in [0.4, 0.5) is 5.69 Å². The van der Waals surface area contributed by atoms with Gasteiger partial charge in [0.25, 0.3) is 5.91 Å². The van der Waals surface area contributed by atoms with Crippen molar-refractivity contribution in [1.82, 2.24) is 5.32 Å². The Morgan fingerprint density at radius 3 is 2.43 bits per heavy atom. The van der Waals surface area contributed by atoms with Crippen molar-refractivity contribution in [1.29, 1.82) is 0 Å². The van der Waals surface area contributed by atoms with Crippen molar-refractivity contribution in [2.75, 3.05) is 11.0 Å². The zero-order valence-electron chi connectivity index (χ0n) is 11.5. The molecule has 0 fully saturated rings. The van der Waals surface area contributed by atoms with Crippen LogP contribution in [0, 0.1) is 0 Å². The molecular formula is C15H16N2O3S. The summed E-state index contributed by atoms with van der Waals surface area (Å²) < 4.78 is 24.7. The highest BCUT2D eigenvalue weighted by molar-refractivity contribution is 7.92. The molecule has 2 rings (SSSR count). The summed E-state index contributed by atoms with van der Waals surface area (Å²) in [5, 5.41) is 2.79. The average molecular weight is 304 g/mol. The fourth-order valence-corrected chi connectivity index (χ4v) is 2.37. The van der Waals surface area contributed by atoms with Gasteiger partial charge in [0.15, 0.2) is 0 Å². The topological polar surface area (TPSA) is 75.3 Å². The number of carbonyl (C=O) groups is 1. The van der Waals surface area contributed by atoms with Gasteiger partial charge >= 0.3 is 0 Å². The molecule has 0 unspecified atom stereocenters. The van der Waals surface area contributed by atoms with E-state index in [0.29, 0.717) is 17.8 Å². The molecule has 21 heavy (non-hydrogen) atoms. The summed E-state index contributed by atoms with van der Waals surface area (Å²) >= 11 is 0. The molecule has 6 heteroatoms. The lowest BCUT2D eigenvalue weighted by Gasteiger charge is -2.08. The van der Waals surface area contributed by atoms with Crippen molar-refractivity contribution in [2.24, 2.45) is 0 Å². The molecule has 0 bridgehead atoms. The molecule has 0 saturated heterocycles. The quantitative estimate of drug-likeness (QED) is 0.887. The van der Waals surface area contributed by atoms with Crippen molar-refractivity contribution in [3.63, 3.8) is 0 Å². The molecule has 5 nitrogen and oxygen atoms in total. The molecule has 0 saturated carbocycles. The average Bonchev–Trinajstić information content (AvgIpc) is 2.44. The number of carbonyl (C=O) groups excluding carboxylic acids is 1. The van der Waals surface area contributed by atoms with E-state index >= 15 is 0 Å². The molecule has 2 aromatic rings. The second kappa shape index (κ2) is 6.41. The van der Waals surface area contributed by atoms with Crippen LogP contribution in [0.15, 0.2) is 54.6 Å². The lowest BCUT2D eigenvalue weighted by Crippen LogP contribution is -2.23. The molecule has 2 N–H and O–H groups in total. The smallest absolute Gasteiger partial charge is 0.251 e. The highest BCUT2D eigenvalue weighted by Gasteiger charge is 2.08. The minimum absolute atomic E-state index is 0.254. The van der Waals surface area contributed by atoms with Gasteiger partial charge in [-0.25, -0.2) is 8.42 Å². The Kier molecular flexibility index (Phi) is 4.59. The van der Waals surface area contributed by atoms with E-state index in [0.717, 1.165) is 11.8 Å². The second-order valence-electron chi connectivity index (χ2n) is 4.62. The fraction of sp³-hybridized carbons (Fsp3) is 0.133. The van der Waals surface area contributed by atoms with Gasteiger partial charge in [0.1, 0.15) is 0 Å². The molecular weight excluding hydrogens is 288 g/mol. The van der Waals surface area contributed by atoms with E-state index in [9.17, 15) is 13.2 Å². The normalized spacial score (nSPS) is 10.9. The lowest BCUT2D eigenvalue weighted by molar-refractivity contribution is 0.0951. The van der Waals surface area contributed by atoms with E-state index in [1.165, 1.54) is 6.07 Å². The Balaban J connectivity index is 2.04. The van der Waals surface area contributed by atoms with Gasteiger partial charge in [-0.3, -0.25) is 9.52 Å². The Bertz CT molecular complexity index is 728. The highest BCUT2D eigenvalue weighted by Crippen LogP contribution is 2.12. The second-order valence-corrected chi connectivity index (χ2v) is 6.37. The number of hydrogen-bond donors (Lipinski definition) is 2. The maximum atomic E-state index is 12.0. The van der Waals surface area contributed by atoms with Crippen LogP contribution in [-0.4, -0.2) is 20.6 Å². The fourth-order valence-electron chi connectivity index (χ4n) is 1.82. The Morgan fingerprint density at radius 2 is 1.76 bits per heavy atom. The molecule has 0 aliphatic heterocycles. The van der Waals surface area contributed by atoms with Crippen molar-refractivity contribution in [2.45, 2.75) is 6.54 Å². The van der Waals surface area contributed by atoms with E-state index in [-0.39, 0.29) is 5.91 Å². The van der Waals surface area contributed by atoms with Crippen LogP contribution >= 0.6 is 0 Å². The summed E-state index contributed by atoms with van der Waals surface area (Å²) in [6.07, 6.45) is 1.06. The van der Waals surface area contributed by atoms with Gasteiger partial charge < -0.3 is 5.32 Å². The van der Waals surface area contributed by atoms with Crippen LogP contribution in [0.2, 0.25) is 0 Å². The number of sulfonamides is 1. The zero-order valence-corrected chi connectivity index (χ0v) is 12.4. The van der Waals surface area contributed by atoms with Crippen molar-refractivity contribution in [3.05, 3.63) is 65.7 Å². The predicted molar refractivity (Wildman–Crippen MR) is 82.5 cm³/mol. The monoisotopic (exact) mass is 304 g/mol. The Hall–Kier alpha value is -2.34. The number of anilines is 1. The first-order chi connectivity index (χ1) is 9.94. The van der Waals surface area contributed by atoms with Crippen molar-refractivity contribution in [3.8, 4) is 0 Å². The van der Waals surface area contributed by atoms with Gasteiger partial charge in [0.2, 0.25) is 10.0 Å². The number of rotatable bonds is 5. The van der Waals surface area contributed by atoms with Crippen LogP contribution in [0.5, 0.6) is 0 Å². The van der Waals surface area contributed by atoms with Crippen LogP contribution in [0.3, 0.4) is 0 Å². The number of nitrogens with one attached hydrogen (secondary N) is 2. The summed E-state index contributed by atoms with van der Waals surface area (Å²) in [6, 6.07) is 15.9. The molecule has 0 aliphatic carbocycles. The molecule has 0 aromatic heterocycles. The molecule has 0 atom stereocenters. The predicted octanol–water partition coefficient (Wildman–Crippen LogP) is 1.99. The SMILES string of the molecule is CS(=O)(=O)Nc1cccc(C(=O)NCc2ccccc2)c1. The number of hydrogen-bond acceptors (Lipinski definition) is 3. The maximum absolute atomic E-state index is 12.0. The Morgan fingerprint density at radius 1 is 1.05 bits per heavy atom. The first kappa shape index (κ1) is 15.1. The van der Waals surface area contributed by atoms with Gasteiger partial charge in [-0.05, 0) is 23.8 Å². The third-order valence-electron chi connectivity index (χ3n) is 2.72.